The number of nitrogens with one attached hydrogen (secondary N) is 1. The van der Waals surface area contributed by atoms with Crippen molar-refractivity contribution >= 4 is 28.8 Å². The minimum Gasteiger partial charge on any atom is -0.507 e. The number of Topliss-reactive ketones (excluding diaryl/α,β-unsaturated/α-hetero) is 1. The van der Waals surface area contributed by atoms with Crippen LogP contribution in [-0.4, -0.2) is 57.8 Å². The Bertz CT molecular complexity index is 984. The fourth-order valence-corrected chi connectivity index (χ4v) is 5.53. The van der Waals surface area contributed by atoms with Gasteiger partial charge in [-0.15, -0.1) is 11.3 Å². The number of thiophene rings is 1. The lowest BCUT2D eigenvalue weighted by molar-refractivity contribution is -0.140. The van der Waals surface area contributed by atoms with Gasteiger partial charge in [0.2, 0.25) is 0 Å². The summed E-state index contributed by atoms with van der Waals surface area (Å²) >= 11 is 1.51. The fourth-order valence-electron chi connectivity index (χ4n) is 4.68. The van der Waals surface area contributed by atoms with Crippen molar-refractivity contribution in [3.05, 3.63) is 50.5 Å². The Balaban J connectivity index is 1.74. The molecule has 2 fully saturated rings. The van der Waals surface area contributed by atoms with Crippen LogP contribution in [0.3, 0.4) is 0 Å². The number of aliphatic hydroxyl groups excluding tert-OH is 1. The van der Waals surface area contributed by atoms with Crippen LogP contribution in [0.4, 0.5) is 0 Å². The third-order valence-corrected chi connectivity index (χ3v) is 7.31. The topological polar surface area (TPSA) is 76.6 Å². The van der Waals surface area contributed by atoms with Crippen LogP contribution >= 0.6 is 11.3 Å². The molecule has 0 radical (unpaired) electrons. The van der Waals surface area contributed by atoms with Gasteiger partial charge in [-0.1, -0.05) is 12.5 Å². The van der Waals surface area contributed by atoms with Crippen LogP contribution < -0.4 is 0 Å². The summed E-state index contributed by atoms with van der Waals surface area (Å²) in [5, 5.41) is 13.2. The molecule has 0 saturated carbocycles. The van der Waals surface area contributed by atoms with Gasteiger partial charge >= 0.3 is 0 Å². The summed E-state index contributed by atoms with van der Waals surface area (Å²) in [7, 11) is 0. The second-order valence-corrected chi connectivity index (χ2v) is 9.26. The molecule has 4 heterocycles. The first-order chi connectivity index (χ1) is 14.4. The zero-order valence-electron chi connectivity index (χ0n) is 17.8. The number of aromatic nitrogens is 1. The molecular formula is C23H29N3O3S. The number of aliphatic hydroxyl groups is 1. The number of ketones is 1. The average molecular weight is 428 g/mol. The molecule has 0 aromatic carbocycles. The van der Waals surface area contributed by atoms with Crippen LogP contribution in [0, 0.1) is 20.8 Å². The summed E-state index contributed by atoms with van der Waals surface area (Å²) in [5.74, 6) is -1.19. The van der Waals surface area contributed by atoms with E-state index in [0.717, 1.165) is 41.5 Å². The van der Waals surface area contributed by atoms with Crippen LogP contribution in [0.5, 0.6) is 0 Å². The van der Waals surface area contributed by atoms with Gasteiger partial charge in [0.25, 0.3) is 11.7 Å². The molecular weight excluding hydrogens is 398 g/mol. The zero-order valence-corrected chi connectivity index (χ0v) is 18.6. The third-order valence-electron chi connectivity index (χ3n) is 6.38. The van der Waals surface area contributed by atoms with Gasteiger partial charge in [0.15, 0.2) is 0 Å². The molecule has 0 aliphatic carbocycles. The van der Waals surface area contributed by atoms with E-state index >= 15 is 0 Å². The van der Waals surface area contributed by atoms with Crippen molar-refractivity contribution in [2.75, 3.05) is 26.2 Å². The van der Waals surface area contributed by atoms with E-state index in [1.54, 1.807) is 4.90 Å². The highest BCUT2D eigenvalue weighted by atomic mass is 32.1. The standard InChI is InChI=1S/C23H29N3O3S/c1-14-15(2)24-16(3)18(14)21(27)19-20(17-8-7-13-30-17)26(23(29)22(19)28)12-11-25-9-5-4-6-10-25/h7-8,13,20,24,27H,4-6,9-12H2,1-3H3/b21-19+. The number of hydrogen-bond acceptors (Lipinski definition) is 5. The SMILES string of the molecule is Cc1[nH]c(C)c(/C(O)=C2\C(=O)C(=O)N(CCN3CCCCC3)C2c2cccs2)c1C. The van der Waals surface area contributed by atoms with Crippen molar-refractivity contribution in [2.24, 2.45) is 0 Å². The van der Waals surface area contributed by atoms with Crippen molar-refractivity contribution < 1.29 is 14.7 Å². The smallest absolute Gasteiger partial charge is 0.295 e. The molecule has 0 spiro atoms. The maximum atomic E-state index is 13.1. The van der Waals surface area contributed by atoms with Gasteiger partial charge in [-0.3, -0.25) is 9.59 Å². The lowest BCUT2D eigenvalue weighted by Gasteiger charge is -2.30. The van der Waals surface area contributed by atoms with Crippen LogP contribution in [0.1, 0.15) is 52.7 Å². The van der Waals surface area contributed by atoms with Gasteiger partial charge in [-0.05, 0) is 63.7 Å². The number of hydrogen-bond donors (Lipinski definition) is 2. The van der Waals surface area contributed by atoms with Crippen LogP contribution in [0.15, 0.2) is 23.1 Å². The number of piperidine rings is 1. The van der Waals surface area contributed by atoms with E-state index in [-0.39, 0.29) is 11.3 Å². The highest BCUT2D eigenvalue weighted by molar-refractivity contribution is 7.10. The third kappa shape index (κ3) is 3.61. The Labute approximate surface area is 181 Å². The summed E-state index contributed by atoms with van der Waals surface area (Å²) in [6.07, 6.45) is 3.61. The first-order valence-electron chi connectivity index (χ1n) is 10.6. The van der Waals surface area contributed by atoms with Gasteiger partial charge < -0.3 is 19.9 Å². The zero-order chi connectivity index (χ0) is 21.4. The van der Waals surface area contributed by atoms with E-state index in [4.69, 9.17) is 0 Å². The minimum absolute atomic E-state index is 0.0772. The Morgan fingerprint density at radius 1 is 1.13 bits per heavy atom. The molecule has 6 nitrogen and oxygen atoms in total. The molecule has 1 amide bonds. The van der Waals surface area contributed by atoms with Gasteiger partial charge in [-0.2, -0.15) is 0 Å². The molecule has 1 atom stereocenters. The minimum atomic E-state index is -0.595. The molecule has 2 aliphatic heterocycles. The van der Waals surface area contributed by atoms with Gasteiger partial charge in [0.1, 0.15) is 5.76 Å². The predicted octanol–water partition coefficient (Wildman–Crippen LogP) is 3.91. The highest BCUT2D eigenvalue weighted by Crippen LogP contribution is 2.42. The van der Waals surface area contributed by atoms with E-state index < -0.39 is 17.7 Å². The molecule has 2 aliphatic rings. The van der Waals surface area contributed by atoms with Crippen LogP contribution in [-0.2, 0) is 9.59 Å². The number of amides is 1. The first kappa shape index (κ1) is 20.9. The normalized spacial score (nSPS) is 22.2. The number of nitrogens with zero attached hydrogens (tertiary/aromatic N) is 2. The fraction of sp³-hybridized carbons (Fsp3) is 0.478. The lowest BCUT2D eigenvalue weighted by atomic mass is 9.98. The number of rotatable bonds is 5. The van der Waals surface area contributed by atoms with E-state index in [1.807, 2.05) is 38.3 Å². The number of carbonyl (C=O) groups excluding carboxylic acids is 2. The molecule has 4 rings (SSSR count). The Morgan fingerprint density at radius 3 is 2.47 bits per heavy atom. The summed E-state index contributed by atoms with van der Waals surface area (Å²) < 4.78 is 0. The summed E-state index contributed by atoms with van der Waals surface area (Å²) in [6, 6.07) is 3.32. The molecule has 7 heteroatoms. The number of aromatic amines is 1. The van der Waals surface area contributed by atoms with E-state index in [2.05, 4.69) is 9.88 Å². The molecule has 160 valence electrons. The largest absolute Gasteiger partial charge is 0.507 e. The molecule has 30 heavy (non-hydrogen) atoms. The van der Waals surface area contributed by atoms with E-state index in [0.29, 0.717) is 12.1 Å². The van der Waals surface area contributed by atoms with Crippen molar-refractivity contribution in [1.82, 2.24) is 14.8 Å². The highest BCUT2D eigenvalue weighted by Gasteiger charge is 2.46. The van der Waals surface area contributed by atoms with Crippen LogP contribution in [0.25, 0.3) is 5.76 Å². The Morgan fingerprint density at radius 2 is 1.87 bits per heavy atom. The average Bonchev–Trinajstić information content (AvgIpc) is 3.41. The van der Waals surface area contributed by atoms with Gasteiger partial charge in [0.05, 0.1) is 11.6 Å². The molecule has 2 aromatic rings. The molecule has 2 aromatic heterocycles. The molecule has 2 saturated heterocycles. The molecule has 1 unspecified atom stereocenters. The number of aryl methyl sites for hydroxylation is 2. The van der Waals surface area contributed by atoms with Crippen LogP contribution in [0.2, 0.25) is 0 Å². The Kier molecular flexibility index (Phi) is 5.84. The second kappa shape index (κ2) is 8.40. The van der Waals surface area contributed by atoms with Crippen molar-refractivity contribution in [2.45, 2.75) is 46.1 Å². The maximum absolute atomic E-state index is 13.1. The summed E-state index contributed by atoms with van der Waals surface area (Å²) in [6.45, 7) is 9.03. The van der Waals surface area contributed by atoms with Crippen molar-refractivity contribution in [1.29, 1.82) is 0 Å². The molecule has 2 N–H and O–H groups in total. The summed E-state index contributed by atoms with van der Waals surface area (Å²) in [5.41, 5.74) is 3.47. The second-order valence-electron chi connectivity index (χ2n) is 8.29. The number of likely N-dealkylation sites (tertiary alicyclic amines) is 2. The van der Waals surface area contributed by atoms with Gasteiger partial charge in [0, 0.05) is 34.9 Å². The van der Waals surface area contributed by atoms with Crippen molar-refractivity contribution in [3.63, 3.8) is 0 Å². The maximum Gasteiger partial charge on any atom is 0.295 e. The van der Waals surface area contributed by atoms with E-state index in [9.17, 15) is 14.7 Å². The van der Waals surface area contributed by atoms with E-state index in [1.165, 1.54) is 30.6 Å². The molecule has 0 bridgehead atoms. The van der Waals surface area contributed by atoms with Gasteiger partial charge in [-0.25, -0.2) is 0 Å². The summed E-state index contributed by atoms with van der Waals surface area (Å²) in [4.78, 5) is 34.2. The number of H-pyrrole nitrogens is 1. The quantitative estimate of drug-likeness (QED) is 0.431. The van der Waals surface area contributed by atoms with Crippen molar-refractivity contribution in [3.8, 4) is 0 Å². The Hall–Kier alpha value is -2.38. The monoisotopic (exact) mass is 427 g/mol. The lowest BCUT2D eigenvalue weighted by Crippen LogP contribution is -2.39. The first-order valence-corrected chi connectivity index (χ1v) is 11.5. The predicted molar refractivity (Wildman–Crippen MR) is 119 cm³/mol. The number of carbonyl (C=O) groups is 2.